The van der Waals surface area contributed by atoms with Gasteiger partial charge < -0.3 is 0 Å². The highest BCUT2D eigenvalue weighted by Crippen LogP contribution is 2.57. The Balaban J connectivity index is 1.21. The van der Waals surface area contributed by atoms with Gasteiger partial charge in [0.1, 0.15) is 11.4 Å². The average Bonchev–Trinajstić information content (AvgIpc) is 3.92. The highest BCUT2D eigenvalue weighted by atomic mass is 32.1. The van der Waals surface area contributed by atoms with E-state index in [0.29, 0.717) is 0 Å². The minimum Gasteiger partial charge on any atom is -0.171 e. The minimum absolute atomic E-state index is 1.12. The molecule has 47 heavy (non-hydrogen) atoms. The maximum atomic E-state index is 4.91. The molecule has 4 aromatic heterocycles. The number of nitrogens with zero attached hydrogens (tertiary/aromatic N) is 2. The Kier molecular flexibility index (Phi) is 16.5. The van der Waals surface area contributed by atoms with Gasteiger partial charge in [-0.1, -0.05) is 135 Å². The molecule has 0 bridgehead atoms. The van der Waals surface area contributed by atoms with Crippen LogP contribution in [0.5, 0.6) is 0 Å². The molecule has 7 heteroatoms. The SMILES string of the molecule is CCCCCCCCCCCCc1ccsc1-c1sc(-c2sc(-c3cccs3)cc2CCCCCCCCCCCC)c2c1N=S=N2. The van der Waals surface area contributed by atoms with E-state index in [1.54, 1.807) is 0 Å². The summed E-state index contributed by atoms with van der Waals surface area (Å²) in [6.45, 7) is 4.60. The van der Waals surface area contributed by atoms with Crippen LogP contribution in [0, 0.1) is 0 Å². The topological polar surface area (TPSA) is 24.7 Å². The fraction of sp³-hybridized carbons (Fsp3) is 0.600. The van der Waals surface area contributed by atoms with E-state index in [1.165, 1.54) is 187 Å². The van der Waals surface area contributed by atoms with Crippen molar-refractivity contribution in [2.24, 2.45) is 8.73 Å². The summed E-state index contributed by atoms with van der Waals surface area (Å²) in [5.41, 5.74) is 5.26. The summed E-state index contributed by atoms with van der Waals surface area (Å²) < 4.78 is 9.79. The van der Waals surface area contributed by atoms with Gasteiger partial charge in [0.2, 0.25) is 0 Å². The van der Waals surface area contributed by atoms with E-state index in [-0.39, 0.29) is 0 Å². The van der Waals surface area contributed by atoms with Gasteiger partial charge >= 0.3 is 0 Å². The molecule has 0 aromatic carbocycles. The Morgan fingerprint density at radius 2 is 1.00 bits per heavy atom. The third kappa shape index (κ3) is 11.1. The molecule has 0 unspecified atom stereocenters. The van der Waals surface area contributed by atoms with Crippen molar-refractivity contribution >= 4 is 68.1 Å². The van der Waals surface area contributed by atoms with Gasteiger partial charge in [-0.15, -0.1) is 45.3 Å². The van der Waals surface area contributed by atoms with Crippen LogP contribution in [-0.2, 0) is 24.2 Å². The Bertz CT molecular complexity index is 1520. The van der Waals surface area contributed by atoms with Crippen LogP contribution in [0.25, 0.3) is 29.3 Å². The lowest BCUT2D eigenvalue weighted by atomic mass is 10.0. The Hall–Kier alpha value is -1.38. The van der Waals surface area contributed by atoms with Gasteiger partial charge in [-0.2, -0.15) is 8.73 Å². The summed E-state index contributed by atoms with van der Waals surface area (Å²) >= 11 is 9.06. The summed E-state index contributed by atoms with van der Waals surface area (Å²) in [5, 5.41) is 4.50. The fourth-order valence-electron chi connectivity index (χ4n) is 6.68. The summed E-state index contributed by atoms with van der Waals surface area (Å²) in [6, 6.07) is 9.32. The smallest absolute Gasteiger partial charge is 0.124 e. The van der Waals surface area contributed by atoms with Gasteiger partial charge in [0.15, 0.2) is 0 Å². The van der Waals surface area contributed by atoms with Crippen molar-refractivity contribution in [3.8, 4) is 29.3 Å². The molecule has 1 aliphatic rings. The Labute approximate surface area is 305 Å². The van der Waals surface area contributed by atoms with E-state index in [0.717, 1.165) is 17.8 Å². The lowest BCUT2D eigenvalue weighted by Gasteiger charge is -2.05. The molecule has 5 heterocycles. The van der Waals surface area contributed by atoms with E-state index < -0.39 is 0 Å². The maximum Gasteiger partial charge on any atom is 0.124 e. The third-order valence-corrected chi connectivity index (χ3v) is 14.7. The maximum absolute atomic E-state index is 4.91. The first-order valence-electron chi connectivity index (χ1n) is 18.8. The molecule has 0 radical (unpaired) electrons. The fourth-order valence-corrected chi connectivity index (χ4v) is 11.9. The lowest BCUT2D eigenvalue weighted by Crippen LogP contribution is -1.87. The van der Waals surface area contributed by atoms with Crippen molar-refractivity contribution in [2.75, 3.05) is 0 Å². The van der Waals surface area contributed by atoms with Crippen LogP contribution >= 0.6 is 45.3 Å². The number of rotatable bonds is 25. The first-order chi connectivity index (χ1) is 23.3. The number of aryl methyl sites for hydroxylation is 2. The molecule has 0 spiro atoms. The first kappa shape index (κ1) is 36.9. The molecule has 256 valence electrons. The zero-order valence-corrected chi connectivity index (χ0v) is 33.0. The highest BCUT2D eigenvalue weighted by molar-refractivity contribution is 7.58. The van der Waals surface area contributed by atoms with Gasteiger partial charge in [-0.25, -0.2) is 0 Å². The summed E-state index contributed by atoms with van der Waals surface area (Å²) in [5.74, 6) is 0. The van der Waals surface area contributed by atoms with Crippen LogP contribution < -0.4 is 0 Å². The van der Waals surface area contributed by atoms with Crippen LogP contribution in [0.4, 0.5) is 11.4 Å². The monoisotopic (exact) mass is 724 g/mol. The van der Waals surface area contributed by atoms with Crippen LogP contribution in [0.3, 0.4) is 0 Å². The van der Waals surface area contributed by atoms with Crippen LogP contribution in [0.15, 0.2) is 43.8 Å². The zero-order chi connectivity index (χ0) is 32.5. The Morgan fingerprint density at radius 3 is 1.55 bits per heavy atom. The van der Waals surface area contributed by atoms with E-state index in [1.807, 2.05) is 45.3 Å². The molecule has 0 fully saturated rings. The summed E-state index contributed by atoms with van der Waals surface area (Å²) in [4.78, 5) is 8.34. The van der Waals surface area contributed by atoms with E-state index in [9.17, 15) is 0 Å². The van der Waals surface area contributed by atoms with Crippen molar-refractivity contribution in [3.63, 3.8) is 0 Å². The molecule has 4 aromatic rings. The Morgan fingerprint density at radius 1 is 0.468 bits per heavy atom. The van der Waals surface area contributed by atoms with Crippen molar-refractivity contribution in [1.29, 1.82) is 0 Å². The van der Waals surface area contributed by atoms with E-state index >= 15 is 0 Å². The molecule has 1 aliphatic heterocycles. The quantitative estimate of drug-likeness (QED) is 0.0536. The largest absolute Gasteiger partial charge is 0.171 e. The molecule has 0 saturated carbocycles. The molecular weight excluding hydrogens is 669 g/mol. The molecule has 0 N–H and O–H groups in total. The molecule has 0 amide bonds. The number of fused-ring (bicyclic) bond motifs is 1. The average molecular weight is 725 g/mol. The lowest BCUT2D eigenvalue weighted by molar-refractivity contribution is 0.556. The third-order valence-electron chi connectivity index (χ3n) is 9.45. The highest BCUT2D eigenvalue weighted by Gasteiger charge is 2.27. The number of unbranched alkanes of at least 4 members (excludes halogenated alkanes) is 18. The van der Waals surface area contributed by atoms with E-state index in [2.05, 4.69) is 48.9 Å². The molecule has 0 aliphatic carbocycles. The van der Waals surface area contributed by atoms with Crippen LogP contribution in [-0.4, -0.2) is 0 Å². The van der Waals surface area contributed by atoms with Crippen LogP contribution in [0.1, 0.15) is 153 Å². The van der Waals surface area contributed by atoms with Crippen molar-refractivity contribution in [2.45, 2.75) is 155 Å². The van der Waals surface area contributed by atoms with Crippen molar-refractivity contribution in [1.82, 2.24) is 0 Å². The zero-order valence-electron chi connectivity index (χ0n) is 29.0. The molecule has 0 atom stereocenters. The van der Waals surface area contributed by atoms with Gasteiger partial charge in [0, 0.05) is 14.6 Å². The summed E-state index contributed by atoms with van der Waals surface area (Å²) in [6.07, 6.45) is 30.0. The second kappa shape index (κ2) is 21.0. The van der Waals surface area contributed by atoms with Gasteiger partial charge in [0.05, 0.1) is 26.0 Å². The standard InChI is InChI=1S/C40H56N2S5/c1-3-5-7-9-11-13-15-17-19-21-24-31-27-29-44-37(31)39-35-36(42-47-41-35)40(46-39)38-32(30-34(45-38)33-26-23-28-43-33)25-22-20-18-16-14-12-10-8-6-4-2/h23,26-30H,3-22,24-25H2,1-2H3. The number of hydrogen-bond donors (Lipinski definition) is 0. The van der Waals surface area contributed by atoms with E-state index in [4.69, 9.17) is 8.73 Å². The van der Waals surface area contributed by atoms with Crippen LogP contribution in [0.2, 0.25) is 0 Å². The molecule has 5 rings (SSSR count). The van der Waals surface area contributed by atoms with Gasteiger partial charge in [-0.05, 0) is 65.8 Å². The normalized spacial score (nSPS) is 12.3. The number of hydrogen-bond acceptors (Lipinski definition) is 6. The first-order valence-corrected chi connectivity index (χ1v) is 22.9. The second-order valence-corrected chi connectivity index (χ2v) is 17.8. The van der Waals surface area contributed by atoms with Gasteiger partial charge in [-0.3, -0.25) is 0 Å². The minimum atomic E-state index is 1.12. The predicted molar refractivity (Wildman–Crippen MR) is 217 cm³/mol. The summed E-state index contributed by atoms with van der Waals surface area (Å²) in [7, 11) is 0. The second-order valence-electron chi connectivity index (χ2n) is 13.3. The van der Waals surface area contributed by atoms with Crippen molar-refractivity contribution < 1.29 is 0 Å². The number of thiophene rings is 4. The van der Waals surface area contributed by atoms with Crippen molar-refractivity contribution in [3.05, 3.63) is 46.2 Å². The predicted octanol–water partition coefficient (Wildman–Crippen LogP) is 16.6. The molecule has 0 saturated heterocycles. The molecular formula is C40H56N2S5. The van der Waals surface area contributed by atoms with Gasteiger partial charge in [0.25, 0.3) is 0 Å². The molecule has 2 nitrogen and oxygen atoms in total.